The third kappa shape index (κ3) is 22.4. The number of ether oxygens (including phenoxy) is 1. The number of ketones is 2. The van der Waals surface area contributed by atoms with Gasteiger partial charge < -0.3 is 52.8 Å². The highest BCUT2D eigenvalue weighted by atomic mass is 32.1. The summed E-state index contributed by atoms with van der Waals surface area (Å²) in [6.07, 6.45) is 6.40. The summed E-state index contributed by atoms with van der Waals surface area (Å²) >= 11 is 1.12. The zero-order chi connectivity index (χ0) is 68.0. The molecule has 9 atom stereocenters. The molecule has 24 nitrogen and oxygen atoms in total. The van der Waals surface area contributed by atoms with E-state index in [4.69, 9.17) is 21.2 Å². The number of hydrogen-bond donors (Lipinski definition) is 8. The normalized spacial score (nSPS) is 17.5. The Morgan fingerprint density at radius 1 is 0.837 bits per heavy atom. The molecule has 1 fully saturated rings. The first-order valence-corrected chi connectivity index (χ1v) is 33.0. The molecule has 0 saturated carbocycles. The monoisotopic (exact) mass is 1300 g/mol. The predicted molar refractivity (Wildman–Crippen MR) is 350 cm³/mol. The molecule has 9 amide bonds. The van der Waals surface area contributed by atoms with Crippen LogP contribution in [0, 0.1) is 35.5 Å². The van der Waals surface area contributed by atoms with Crippen LogP contribution in [-0.2, 0) is 56.1 Å². The van der Waals surface area contributed by atoms with Crippen LogP contribution in [0.25, 0.3) is 0 Å². The second kappa shape index (κ2) is 35.7. The van der Waals surface area contributed by atoms with Gasteiger partial charge >= 0.3 is 18.1 Å². The number of alkyl carbamates (subject to hydrolysis) is 1. The fraction of sp³-hybridized carbons (Fsp3) is 0.582. The summed E-state index contributed by atoms with van der Waals surface area (Å²) in [5, 5.41) is 25.8. The van der Waals surface area contributed by atoms with E-state index in [0.29, 0.717) is 66.9 Å². The number of anilines is 2. The number of amides is 9. The smallest absolute Gasteiger partial charge is 0.408 e. The van der Waals surface area contributed by atoms with Gasteiger partial charge in [0.25, 0.3) is 17.7 Å². The fourth-order valence-corrected chi connectivity index (χ4v) is 12.6. The standard InChI is InChI=1S/C67H97N11O13S/c1-11-42(6)50(36-55(80)67(8)29-16-31-76(67)9)63(86)77(10)53(40(2)3)37-51(62-73-52(39-92-62)61(85)72-49(33-43(7)64(87)88)34-44-19-23-47(68)24-20-44)74-66(90)91-38-45-21-25-48(26-22-45)71-60(84)46(17-15-30-70-65(69)89)35-54(79)59(41(4)5)75-56(81)18-13-12-14-32-78-57(82)27-28-58(78)83/h19-28,39-43,46,49-51,53,59H,11-18,29-38,68H2,1-10H3,(H,71,84)(H,72,85)(H,74,90)(H,75,81)(H,87,88)(H3,69,70,89)/t42-,43-,46+,49+,50-,51+,53+,59-,67+/m0/s1. The minimum Gasteiger partial charge on any atom is -0.481 e. The van der Waals surface area contributed by atoms with E-state index in [2.05, 4.69) is 31.5 Å². The van der Waals surface area contributed by atoms with Gasteiger partial charge in [-0.3, -0.25) is 53.0 Å². The van der Waals surface area contributed by atoms with E-state index in [1.807, 2.05) is 53.8 Å². The number of nitrogens with zero attached hydrogens (tertiary/aromatic N) is 4. The van der Waals surface area contributed by atoms with Crippen LogP contribution in [0.15, 0.2) is 66.1 Å². The number of likely N-dealkylation sites (tertiary alicyclic amines) is 1. The summed E-state index contributed by atoms with van der Waals surface area (Å²) in [6.45, 7) is 15.9. The maximum absolute atomic E-state index is 14.8. The Hall–Kier alpha value is -8.06. The summed E-state index contributed by atoms with van der Waals surface area (Å²) in [7, 11) is 3.65. The first kappa shape index (κ1) is 74.7. The number of rotatable bonds is 38. The molecule has 0 radical (unpaired) electrons. The van der Waals surface area contributed by atoms with Crippen molar-refractivity contribution in [1.82, 2.24) is 41.0 Å². The number of primary amides is 1. The molecule has 0 unspecified atom stereocenters. The van der Waals surface area contributed by atoms with Crippen molar-refractivity contribution in [3.8, 4) is 0 Å². The fourth-order valence-electron chi connectivity index (χ4n) is 11.7. The van der Waals surface area contributed by atoms with Crippen LogP contribution in [0.3, 0.4) is 0 Å². The van der Waals surface area contributed by atoms with Crippen molar-refractivity contribution in [3.05, 3.63) is 87.9 Å². The Kier molecular flexibility index (Phi) is 29.0. The van der Waals surface area contributed by atoms with E-state index in [1.165, 1.54) is 12.2 Å². The summed E-state index contributed by atoms with van der Waals surface area (Å²) in [5.74, 6) is -6.59. The Labute approximate surface area is 544 Å². The molecule has 0 aliphatic carbocycles. The number of aliphatic carboxylic acids is 1. The zero-order valence-corrected chi connectivity index (χ0v) is 55.9. The van der Waals surface area contributed by atoms with E-state index in [0.717, 1.165) is 34.8 Å². The highest BCUT2D eigenvalue weighted by Gasteiger charge is 2.44. The topological polar surface area (TPSA) is 352 Å². The van der Waals surface area contributed by atoms with Crippen LogP contribution in [0.2, 0.25) is 0 Å². The van der Waals surface area contributed by atoms with Crippen molar-refractivity contribution < 1.29 is 62.6 Å². The van der Waals surface area contributed by atoms with Gasteiger partial charge in [0.1, 0.15) is 17.3 Å². The summed E-state index contributed by atoms with van der Waals surface area (Å²) in [4.78, 5) is 155. The lowest BCUT2D eigenvalue weighted by Crippen LogP contribution is -2.50. The first-order chi connectivity index (χ1) is 43.5. The van der Waals surface area contributed by atoms with E-state index >= 15 is 0 Å². The number of nitrogen functional groups attached to an aromatic ring is 1. The van der Waals surface area contributed by atoms with Crippen LogP contribution in [0.4, 0.5) is 21.0 Å². The van der Waals surface area contributed by atoms with Gasteiger partial charge in [0.15, 0.2) is 11.6 Å². The third-order valence-corrected chi connectivity index (χ3v) is 18.9. The lowest BCUT2D eigenvalue weighted by Gasteiger charge is -2.38. The lowest BCUT2D eigenvalue weighted by molar-refractivity contribution is -0.143. The SMILES string of the molecule is CC[C@H](C)[C@H](CC(=O)[C@@]1(C)CCCN1C)C(=O)N(C)[C@H](C[C@@H](NC(=O)OCc1ccc(NC(=O)[C@H](CCCNC(N)=O)CC(=O)[C@@H](NC(=O)CCCCCN2C(=O)C=CC2=O)C(C)C)cc1)c1nc(C(=O)N[C@@H](Cc2ccc(N)cc2)C[C@H](C)C(=O)O)cs1)C(C)C. The number of benzene rings is 2. The van der Waals surface area contributed by atoms with Gasteiger partial charge in [-0.1, -0.05) is 85.6 Å². The number of unbranched alkanes of at least 4 members (excludes halogenated alkanes) is 2. The molecule has 0 bridgehead atoms. The molecule has 0 spiro atoms. The van der Waals surface area contributed by atoms with E-state index in [-0.39, 0.29) is 117 Å². The molecule has 5 rings (SSSR count). The second-order valence-corrected chi connectivity index (χ2v) is 26.5. The molecule has 504 valence electrons. The molecule has 3 aromatic rings. The van der Waals surface area contributed by atoms with Gasteiger partial charge in [0, 0.05) is 92.2 Å². The van der Waals surface area contributed by atoms with Crippen LogP contribution >= 0.6 is 11.3 Å². The minimum absolute atomic E-state index is 0.0179. The zero-order valence-electron chi connectivity index (χ0n) is 55.1. The predicted octanol–water partition coefficient (Wildman–Crippen LogP) is 7.71. The molecule has 1 saturated heterocycles. The van der Waals surface area contributed by atoms with Crippen molar-refractivity contribution >= 4 is 87.8 Å². The van der Waals surface area contributed by atoms with Gasteiger partial charge in [-0.25, -0.2) is 14.6 Å². The third-order valence-electron chi connectivity index (χ3n) is 17.9. The molecular weight excluding hydrogens is 1200 g/mol. The molecule has 3 heterocycles. The van der Waals surface area contributed by atoms with Crippen molar-refractivity contribution in [1.29, 1.82) is 0 Å². The largest absolute Gasteiger partial charge is 0.481 e. The maximum atomic E-state index is 14.8. The lowest BCUT2D eigenvalue weighted by atomic mass is 9.80. The van der Waals surface area contributed by atoms with Gasteiger partial charge in [-0.05, 0) is 131 Å². The van der Waals surface area contributed by atoms with E-state index in [9.17, 15) is 57.8 Å². The van der Waals surface area contributed by atoms with Crippen LogP contribution in [0.5, 0.6) is 0 Å². The Balaban J connectivity index is 1.31. The number of carbonyl (C=O) groups is 11. The number of imide groups is 1. The number of carbonyl (C=O) groups excluding carboxylic acids is 10. The Morgan fingerprint density at radius 2 is 1.50 bits per heavy atom. The average molecular weight is 1300 g/mol. The van der Waals surface area contributed by atoms with Crippen LogP contribution in [0.1, 0.15) is 172 Å². The first-order valence-electron chi connectivity index (χ1n) is 32.1. The number of thiazole rings is 1. The molecular formula is C67H97N11O13S. The van der Waals surface area contributed by atoms with Crippen LogP contribution in [-0.4, -0.2) is 147 Å². The number of nitrogens with one attached hydrogen (secondary N) is 5. The number of carboxylic acids is 1. The van der Waals surface area contributed by atoms with Gasteiger partial charge in [-0.15, -0.1) is 11.3 Å². The van der Waals surface area contributed by atoms with Gasteiger partial charge in [-0.2, -0.15) is 0 Å². The van der Waals surface area contributed by atoms with Crippen molar-refractivity contribution in [3.63, 3.8) is 0 Å². The number of Topliss-reactive ketones (excluding diaryl/α,β-unsaturated/α-hetero) is 2. The van der Waals surface area contributed by atoms with Crippen molar-refractivity contribution in [2.75, 3.05) is 44.8 Å². The van der Waals surface area contributed by atoms with Crippen LogP contribution < -0.4 is 38.1 Å². The van der Waals surface area contributed by atoms with E-state index < -0.39 is 77.4 Å². The molecule has 10 N–H and O–H groups in total. The number of nitrogens with two attached hydrogens (primary N) is 2. The Morgan fingerprint density at radius 3 is 2.10 bits per heavy atom. The highest BCUT2D eigenvalue weighted by Crippen LogP contribution is 2.35. The number of urea groups is 1. The maximum Gasteiger partial charge on any atom is 0.408 e. The minimum atomic E-state index is -1.02. The van der Waals surface area contributed by atoms with Crippen molar-refractivity contribution in [2.45, 2.75) is 182 Å². The number of hydrogen-bond acceptors (Lipinski definition) is 16. The molecule has 2 aliphatic rings. The second-order valence-electron chi connectivity index (χ2n) is 25.6. The average Bonchev–Trinajstić information content (AvgIpc) is 1.55. The summed E-state index contributed by atoms with van der Waals surface area (Å²) < 4.78 is 5.80. The Bertz CT molecular complexity index is 3060. The van der Waals surface area contributed by atoms with Gasteiger partial charge in [0.05, 0.1) is 23.5 Å². The molecule has 2 aromatic carbocycles. The van der Waals surface area contributed by atoms with E-state index in [1.54, 1.807) is 74.5 Å². The highest BCUT2D eigenvalue weighted by molar-refractivity contribution is 7.10. The summed E-state index contributed by atoms with van der Waals surface area (Å²) in [6, 6.07) is 9.91. The molecule has 25 heteroatoms. The van der Waals surface area contributed by atoms with Crippen molar-refractivity contribution in [2.24, 2.45) is 41.2 Å². The number of aromatic nitrogens is 1. The quantitative estimate of drug-likeness (QED) is 0.0155. The van der Waals surface area contributed by atoms with Gasteiger partial charge in [0.2, 0.25) is 17.7 Å². The molecule has 92 heavy (non-hydrogen) atoms. The summed E-state index contributed by atoms with van der Waals surface area (Å²) in [5.41, 5.74) is 12.8. The molecule has 2 aliphatic heterocycles. The number of carboxylic acid groups (broad SMARTS) is 1. The molecule has 1 aromatic heterocycles. The number of likely N-dealkylation sites (N-methyl/N-ethyl adjacent to an activating group) is 1.